The highest BCUT2D eigenvalue weighted by molar-refractivity contribution is 9.11. The van der Waals surface area contributed by atoms with Crippen LogP contribution in [0.15, 0.2) is 106 Å². The molecule has 9 aromatic carbocycles. The number of fused-ring (bicyclic) bond motifs is 8. The summed E-state index contributed by atoms with van der Waals surface area (Å²) >= 11 is 7.51. The molecule has 0 saturated heterocycles. The smallest absolute Gasteiger partial charge is 0.339 e. The van der Waals surface area contributed by atoms with Crippen molar-refractivity contribution in [2.45, 2.75) is 274 Å². The molecular formula is C111H132Br2N4O18. The van der Waals surface area contributed by atoms with Gasteiger partial charge in [-0.25, -0.2) is 19.2 Å². The summed E-state index contributed by atoms with van der Waals surface area (Å²) in [6.07, 6.45) is 9.41. The normalized spacial score (nSPS) is 16.1. The minimum atomic E-state index is -1.17. The van der Waals surface area contributed by atoms with E-state index in [1.54, 1.807) is 0 Å². The van der Waals surface area contributed by atoms with Gasteiger partial charge in [-0.2, -0.15) is 0 Å². The summed E-state index contributed by atoms with van der Waals surface area (Å²) in [5, 5.41) is 23.4. The van der Waals surface area contributed by atoms with Crippen LogP contribution in [0.2, 0.25) is 0 Å². The number of ether oxygens (including phenoxy) is 11. The number of carboxylic acid groups (broad SMARTS) is 1. The first-order valence-corrected chi connectivity index (χ1v) is 49.0. The zero-order chi connectivity index (χ0) is 97.2. The first kappa shape index (κ1) is 100. The van der Waals surface area contributed by atoms with Gasteiger partial charge in [-0.3, -0.25) is 9.59 Å². The topological polar surface area (TPSA) is 272 Å². The van der Waals surface area contributed by atoms with Crippen LogP contribution in [0.3, 0.4) is 0 Å². The molecule has 718 valence electrons. The zero-order valence-electron chi connectivity index (χ0n) is 82.2. The lowest BCUT2D eigenvalue weighted by molar-refractivity contribution is -0.164. The minimum absolute atomic E-state index is 0.0343. The van der Waals surface area contributed by atoms with Crippen LogP contribution in [-0.2, 0) is 113 Å². The molecule has 0 aliphatic carbocycles. The molecule has 4 unspecified atom stereocenters. The number of rotatable bonds is 17. The van der Waals surface area contributed by atoms with Crippen LogP contribution in [0, 0.1) is 41.5 Å². The fourth-order valence-corrected chi connectivity index (χ4v) is 20.9. The first-order valence-electron chi connectivity index (χ1n) is 47.5. The van der Waals surface area contributed by atoms with E-state index >= 15 is 0 Å². The van der Waals surface area contributed by atoms with Crippen LogP contribution in [0.25, 0.3) is 55.6 Å². The van der Waals surface area contributed by atoms with Gasteiger partial charge in [-0.15, -0.1) is 0 Å². The van der Waals surface area contributed by atoms with Gasteiger partial charge in [0.25, 0.3) is 0 Å². The van der Waals surface area contributed by atoms with Crippen LogP contribution < -0.4 is 40.2 Å². The Labute approximate surface area is 812 Å². The van der Waals surface area contributed by atoms with Gasteiger partial charge in [0.2, 0.25) is 11.8 Å². The summed E-state index contributed by atoms with van der Waals surface area (Å²) in [5.41, 5.74) is 29.5. The molecule has 0 bridgehead atoms. The molecule has 8 aliphatic rings. The maximum atomic E-state index is 13.5. The molecule has 8 aliphatic heterocycles. The van der Waals surface area contributed by atoms with Crippen molar-refractivity contribution in [3.05, 3.63) is 206 Å². The van der Waals surface area contributed by atoms with E-state index in [0.29, 0.717) is 43.5 Å². The van der Waals surface area contributed by atoms with Crippen LogP contribution >= 0.6 is 31.9 Å². The molecule has 5 N–H and O–H groups in total. The average molecular weight is 1970 g/mol. The second-order valence-corrected chi connectivity index (χ2v) is 41.8. The number of carboxylic acids is 1. The second-order valence-electron chi connectivity index (χ2n) is 40.2. The van der Waals surface area contributed by atoms with Crippen molar-refractivity contribution < 1.29 is 86.0 Å². The number of halogens is 2. The van der Waals surface area contributed by atoms with Gasteiger partial charge in [-0.1, -0.05) is 42.5 Å². The summed E-state index contributed by atoms with van der Waals surface area (Å²) in [7, 11) is 4.24. The van der Waals surface area contributed by atoms with E-state index in [1.807, 2.05) is 108 Å². The van der Waals surface area contributed by atoms with Gasteiger partial charge in [0.1, 0.15) is 23.0 Å². The molecule has 9 aromatic rings. The molecule has 4 atom stereocenters. The van der Waals surface area contributed by atoms with Gasteiger partial charge < -0.3 is 78.5 Å². The maximum Gasteiger partial charge on any atom is 0.339 e. The lowest BCUT2D eigenvalue weighted by atomic mass is 9.79. The monoisotopic (exact) mass is 1970 g/mol. The standard InChI is InChI=1S/C34H39NO5.C26H32BrNO4.C26H33NO4.C25H28BrNO5/c1-19-10-11-23(17-20(19)2)29-21(3)28(24-12-14-26-22(18-24)9-8-16-39-26)30(25-13-15-27(36)35-31(25)29)32(33(37)38-7)40-34(4,5)6;1-15-20(17-10-11-19-16(14-17)8-7-13-31-19)21(18-9-6-12-28-23(18)22(15)27)24(25(29)30-5)32-26(2,3)4;1-16-14-20-19(9-6-12-27-20)23(24(25(28)29-5)31-26(2,3)4)22(16)18-10-11-21-17(15-18)8-7-13-30-21;1-13-19(15-7-9-17-14(12-15)6-5-11-31-17)20(23(24(29)30)32-25(2,3)4)16-8-10-18(28)27-22(16)21(13)26/h10-12,14,17-18,32H,8-9,13,15-16H2,1-7H3,(H,35,36);10-11,14,24,28H,6-9,12-13H2,1-5H3;10-11,14-15,24,27H,6-9,12-13H2,1-5H3;7,9,12,23H,5-6,8,10-11H2,1-4H3,(H,27,28)(H,29,30). The number of nitrogens with one attached hydrogen (secondary N) is 4. The maximum absolute atomic E-state index is 13.5. The van der Waals surface area contributed by atoms with Gasteiger partial charge in [0, 0.05) is 68.4 Å². The Morgan fingerprint density at radius 3 is 1.08 bits per heavy atom. The number of anilines is 4. The number of amides is 2. The number of hydrogen-bond acceptors (Lipinski definition) is 19. The predicted molar refractivity (Wildman–Crippen MR) is 538 cm³/mol. The fourth-order valence-electron chi connectivity index (χ4n) is 19.8. The quantitative estimate of drug-likeness (QED) is 0.0419. The van der Waals surface area contributed by atoms with E-state index < -0.39 is 58.8 Å². The number of carbonyl (C=O) groups is 6. The third-order valence-corrected chi connectivity index (χ3v) is 27.7. The van der Waals surface area contributed by atoms with Crippen molar-refractivity contribution in [1.29, 1.82) is 0 Å². The van der Waals surface area contributed by atoms with Crippen molar-refractivity contribution in [3.8, 4) is 78.6 Å². The SMILES string of the molecule is COC(=O)C(OC(C)(C)C)c1c2c(c(-c3ccc(C)c(C)c3)c(C)c1-c1ccc3c(c1)CCCO3)NC(=O)CC2.COC(=O)C(OC(C)(C)C)c1c2c(c(Br)c(C)c1-c1ccc3c(c1)CCCO3)NCCC2.COC(=O)C(OC(C)(C)C)c1c2c(cc(C)c1-c1ccc3c(c1)CCCO3)NCCC2.Cc1c(Br)c2c(c(C(OC(C)(C)C)C(=O)O)c1-c1ccc3c(c1)CCCO3)CCC(=O)N2. The van der Waals surface area contributed by atoms with Crippen molar-refractivity contribution in [2.75, 3.05) is 82.1 Å². The molecule has 2 amide bonds. The molecule has 0 radical (unpaired) electrons. The highest BCUT2D eigenvalue weighted by Crippen LogP contribution is 2.54. The van der Waals surface area contributed by atoms with Crippen molar-refractivity contribution >= 4 is 90.3 Å². The minimum Gasteiger partial charge on any atom is -0.493 e. The lowest BCUT2D eigenvalue weighted by Gasteiger charge is -2.34. The number of carbonyl (C=O) groups excluding carboxylic acids is 5. The van der Waals surface area contributed by atoms with E-state index in [1.165, 1.54) is 43.6 Å². The van der Waals surface area contributed by atoms with Crippen molar-refractivity contribution in [3.63, 3.8) is 0 Å². The van der Waals surface area contributed by atoms with Gasteiger partial charge in [0.15, 0.2) is 24.4 Å². The number of aryl methyl sites for hydroxylation is 7. The van der Waals surface area contributed by atoms with Crippen molar-refractivity contribution in [2.24, 2.45) is 0 Å². The number of esters is 3. The highest BCUT2D eigenvalue weighted by atomic mass is 79.9. The molecule has 0 aromatic heterocycles. The molecule has 8 heterocycles. The average Bonchev–Trinajstić information content (AvgIpc) is 0.741. The van der Waals surface area contributed by atoms with Gasteiger partial charge >= 0.3 is 23.9 Å². The fraction of sp³-hybridized carbons (Fsp3) is 0.459. The summed E-state index contributed by atoms with van der Waals surface area (Å²) in [6, 6.07) is 33.6. The Morgan fingerprint density at radius 1 is 0.348 bits per heavy atom. The molecule has 22 nitrogen and oxygen atoms in total. The van der Waals surface area contributed by atoms with Crippen LogP contribution in [0.1, 0.15) is 259 Å². The highest BCUT2D eigenvalue weighted by Gasteiger charge is 2.43. The van der Waals surface area contributed by atoms with E-state index in [9.17, 15) is 33.9 Å². The summed E-state index contributed by atoms with van der Waals surface area (Å²) in [6.45, 7) is 40.4. The number of methoxy groups -OCH3 is 3. The first-order chi connectivity index (χ1) is 64.0. The Morgan fingerprint density at radius 2 is 0.681 bits per heavy atom. The van der Waals surface area contributed by atoms with Gasteiger partial charge in [-0.05, 0) is 429 Å². The molecule has 0 fully saturated rings. The van der Waals surface area contributed by atoms with E-state index in [4.69, 9.17) is 52.1 Å². The summed E-state index contributed by atoms with van der Waals surface area (Å²) in [5.74, 6) is 1.33. The second kappa shape index (κ2) is 41.8. The molecule has 135 heavy (non-hydrogen) atoms. The molecule has 24 heteroatoms. The molecule has 0 spiro atoms. The zero-order valence-corrected chi connectivity index (χ0v) is 85.4. The van der Waals surface area contributed by atoms with Crippen LogP contribution in [0.5, 0.6) is 23.0 Å². The number of hydrogen-bond donors (Lipinski definition) is 5. The Balaban J connectivity index is 0.000000145. The number of aliphatic carboxylic acids is 1. The Kier molecular flexibility index (Phi) is 31.0. The van der Waals surface area contributed by atoms with E-state index in [0.717, 1.165) is 287 Å². The Bertz CT molecular complexity index is 6080. The third-order valence-electron chi connectivity index (χ3n) is 25.8. The summed E-state index contributed by atoms with van der Waals surface area (Å²) < 4.78 is 66.2. The van der Waals surface area contributed by atoms with Crippen LogP contribution in [-0.4, -0.2) is 124 Å². The lowest BCUT2D eigenvalue weighted by Crippen LogP contribution is -2.31. The molecule has 17 rings (SSSR count). The van der Waals surface area contributed by atoms with E-state index in [-0.39, 0.29) is 23.8 Å². The Hall–Kier alpha value is -10.6. The van der Waals surface area contributed by atoms with Crippen LogP contribution in [0.4, 0.5) is 22.7 Å². The summed E-state index contributed by atoms with van der Waals surface area (Å²) in [4.78, 5) is 77.0. The van der Waals surface area contributed by atoms with E-state index in [2.05, 4.69) is 167 Å². The third kappa shape index (κ3) is 22.5. The van der Waals surface area contributed by atoms with Gasteiger partial charge in [0.05, 0.1) is 87.2 Å². The largest absolute Gasteiger partial charge is 0.493 e. The predicted octanol–water partition coefficient (Wildman–Crippen LogP) is 24.3. The molecule has 0 saturated carbocycles. The van der Waals surface area contributed by atoms with Crippen molar-refractivity contribution in [1.82, 2.24) is 0 Å². The molecular weight excluding hydrogens is 1840 g/mol. The number of benzene rings is 9.